The molecule has 110 valence electrons. The third-order valence-electron chi connectivity index (χ3n) is 4.14. The van der Waals surface area contributed by atoms with Crippen molar-refractivity contribution in [3.8, 4) is 11.1 Å². The first-order valence-electron chi connectivity index (χ1n) is 7.24. The average Bonchev–Trinajstić information content (AvgIpc) is 2.68. The fourth-order valence-electron chi connectivity index (χ4n) is 3.06. The molecule has 1 aliphatic heterocycles. The van der Waals surface area contributed by atoms with Gasteiger partial charge in [-0.15, -0.1) is 0 Å². The zero-order valence-electron chi connectivity index (χ0n) is 13.4. The molecule has 0 fully saturated rings. The second-order valence-electron chi connectivity index (χ2n) is 6.64. The van der Waals surface area contributed by atoms with Crippen molar-refractivity contribution in [2.24, 2.45) is 0 Å². The van der Waals surface area contributed by atoms with Crippen LogP contribution in [0.25, 0.3) is 11.1 Å². The summed E-state index contributed by atoms with van der Waals surface area (Å²) in [5.74, 6) is 0.734. The SMILES string of the molecule is CN(C)c1ncc(-c2ccc3c(c2)N(C)CC3(C)C)cn1. The van der Waals surface area contributed by atoms with Gasteiger partial charge in [-0.1, -0.05) is 26.0 Å². The number of hydrogen-bond acceptors (Lipinski definition) is 4. The Morgan fingerprint density at radius 3 is 2.38 bits per heavy atom. The number of likely N-dealkylation sites (N-methyl/N-ethyl adjacent to an activating group) is 1. The van der Waals surface area contributed by atoms with Crippen molar-refractivity contribution in [2.75, 3.05) is 37.5 Å². The van der Waals surface area contributed by atoms with Gasteiger partial charge in [-0.3, -0.25) is 0 Å². The van der Waals surface area contributed by atoms with Gasteiger partial charge in [0.2, 0.25) is 5.95 Å². The van der Waals surface area contributed by atoms with Crippen LogP contribution in [0.15, 0.2) is 30.6 Å². The minimum Gasteiger partial charge on any atom is -0.373 e. The van der Waals surface area contributed by atoms with E-state index in [9.17, 15) is 0 Å². The van der Waals surface area contributed by atoms with E-state index in [0.717, 1.165) is 18.1 Å². The van der Waals surface area contributed by atoms with Crippen molar-refractivity contribution in [2.45, 2.75) is 19.3 Å². The third-order valence-corrected chi connectivity index (χ3v) is 4.14. The van der Waals surface area contributed by atoms with Gasteiger partial charge in [0.1, 0.15) is 0 Å². The zero-order chi connectivity index (χ0) is 15.2. The lowest BCUT2D eigenvalue weighted by atomic mass is 9.86. The largest absolute Gasteiger partial charge is 0.373 e. The second-order valence-corrected chi connectivity index (χ2v) is 6.64. The summed E-state index contributed by atoms with van der Waals surface area (Å²) in [6.07, 6.45) is 3.79. The highest BCUT2D eigenvalue weighted by Crippen LogP contribution is 2.41. The summed E-state index contributed by atoms with van der Waals surface area (Å²) in [6.45, 7) is 5.65. The van der Waals surface area contributed by atoms with E-state index in [0.29, 0.717) is 0 Å². The van der Waals surface area contributed by atoms with E-state index in [1.54, 1.807) is 0 Å². The third kappa shape index (κ3) is 2.35. The summed E-state index contributed by atoms with van der Waals surface area (Å²) in [6, 6.07) is 6.67. The minimum absolute atomic E-state index is 0.216. The zero-order valence-corrected chi connectivity index (χ0v) is 13.4. The molecule has 0 atom stereocenters. The molecule has 1 aromatic carbocycles. The van der Waals surface area contributed by atoms with Gasteiger partial charge in [0, 0.05) is 56.7 Å². The normalized spacial score (nSPS) is 16.0. The molecule has 0 saturated heterocycles. The highest BCUT2D eigenvalue weighted by molar-refractivity contribution is 5.73. The van der Waals surface area contributed by atoms with Crippen LogP contribution in [-0.4, -0.2) is 37.7 Å². The van der Waals surface area contributed by atoms with Crippen molar-refractivity contribution < 1.29 is 0 Å². The second kappa shape index (κ2) is 4.72. The van der Waals surface area contributed by atoms with E-state index < -0.39 is 0 Å². The number of benzene rings is 1. The summed E-state index contributed by atoms with van der Waals surface area (Å²) in [7, 11) is 6.05. The first-order valence-corrected chi connectivity index (χ1v) is 7.24. The smallest absolute Gasteiger partial charge is 0.224 e. The van der Waals surface area contributed by atoms with E-state index in [1.165, 1.54) is 16.8 Å². The molecule has 4 heteroatoms. The van der Waals surface area contributed by atoms with E-state index in [4.69, 9.17) is 0 Å². The Bertz CT molecular complexity index is 659. The van der Waals surface area contributed by atoms with Crippen molar-refractivity contribution >= 4 is 11.6 Å². The van der Waals surface area contributed by atoms with Crippen LogP contribution >= 0.6 is 0 Å². The maximum absolute atomic E-state index is 4.40. The summed E-state index contributed by atoms with van der Waals surface area (Å²) in [5, 5.41) is 0. The van der Waals surface area contributed by atoms with Crippen LogP contribution in [0, 0.1) is 0 Å². The first kappa shape index (κ1) is 13.9. The number of fused-ring (bicyclic) bond motifs is 1. The van der Waals surface area contributed by atoms with Gasteiger partial charge in [0.05, 0.1) is 0 Å². The topological polar surface area (TPSA) is 32.3 Å². The molecule has 0 N–H and O–H groups in total. The molecule has 4 nitrogen and oxygen atoms in total. The molecule has 0 unspecified atom stereocenters. The molecule has 0 aliphatic carbocycles. The predicted molar refractivity (Wildman–Crippen MR) is 88.1 cm³/mol. The molecule has 21 heavy (non-hydrogen) atoms. The molecule has 1 aromatic heterocycles. The monoisotopic (exact) mass is 282 g/mol. The first-order chi connectivity index (χ1) is 9.88. The van der Waals surface area contributed by atoms with Crippen molar-refractivity contribution in [1.82, 2.24) is 9.97 Å². The average molecular weight is 282 g/mol. The molecule has 0 spiro atoms. The highest BCUT2D eigenvalue weighted by Gasteiger charge is 2.33. The molecular weight excluding hydrogens is 260 g/mol. The van der Waals surface area contributed by atoms with Gasteiger partial charge in [-0.2, -0.15) is 0 Å². The van der Waals surface area contributed by atoms with Crippen molar-refractivity contribution in [3.05, 3.63) is 36.2 Å². The van der Waals surface area contributed by atoms with Crippen LogP contribution < -0.4 is 9.80 Å². The molecule has 0 amide bonds. The van der Waals surface area contributed by atoms with Crippen LogP contribution in [0.3, 0.4) is 0 Å². The Kier molecular flexibility index (Phi) is 3.12. The Balaban J connectivity index is 2.00. The lowest BCUT2D eigenvalue weighted by Gasteiger charge is -2.18. The maximum Gasteiger partial charge on any atom is 0.224 e. The van der Waals surface area contributed by atoms with Crippen LogP contribution in [-0.2, 0) is 5.41 Å². The quantitative estimate of drug-likeness (QED) is 0.847. The number of aromatic nitrogens is 2. The summed E-state index contributed by atoms with van der Waals surface area (Å²) in [4.78, 5) is 13.0. The van der Waals surface area contributed by atoms with Crippen LogP contribution in [0.1, 0.15) is 19.4 Å². The number of hydrogen-bond donors (Lipinski definition) is 0. The van der Waals surface area contributed by atoms with E-state index in [-0.39, 0.29) is 5.41 Å². The Morgan fingerprint density at radius 2 is 1.76 bits per heavy atom. The Hall–Kier alpha value is -2.10. The molecule has 2 aromatic rings. The van der Waals surface area contributed by atoms with Crippen LogP contribution in [0.4, 0.5) is 11.6 Å². The van der Waals surface area contributed by atoms with Gasteiger partial charge in [-0.25, -0.2) is 9.97 Å². The molecule has 1 aliphatic rings. The highest BCUT2D eigenvalue weighted by atomic mass is 15.2. The Morgan fingerprint density at radius 1 is 1.10 bits per heavy atom. The molecule has 2 heterocycles. The Labute approximate surface area is 126 Å². The van der Waals surface area contributed by atoms with E-state index in [2.05, 4.69) is 54.0 Å². The van der Waals surface area contributed by atoms with E-state index in [1.807, 2.05) is 31.4 Å². The molecule has 0 bridgehead atoms. The predicted octanol–water partition coefficient (Wildman–Crippen LogP) is 2.94. The van der Waals surface area contributed by atoms with Gasteiger partial charge >= 0.3 is 0 Å². The van der Waals surface area contributed by atoms with Gasteiger partial charge < -0.3 is 9.80 Å². The fraction of sp³-hybridized carbons (Fsp3) is 0.412. The molecular formula is C17H22N4. The van der Waals surface area contributed by atoms with Gasteiger partial charge in [0.25, 0.3) is 0 Å². The number of nitrogens with zero attached hydrogens (tertiary/aromatic N) is 4. The van der Waals surface area contributed by atoms with Crippen LogP contribution in [0.2, 0.25) is 0 Å². The number of rotatable bonds is 2. The summed E-state index contributed by atoms with van der Waals surface area (Å²) >= 11 is 0. The van der Waals surface area contributed by atoms with Gasteiger partial charge in [-0.05, 0) is 17.2 Å². The number of anilines is 2. The lowest BCUT2D eigenvalue weighted by Crippen LogP contribution is -2.24. The summed E-state index contributed by atoms with van der Waals surface area (Å²) in [5.41, 5.74) is 5.17. The van der Waals surface area contributed by atoms with E-state index >= 15 is 0 Å². The minimum atomic E-state index is 0.216. The van der Waals surface area contributed by atoms with Crippen molar-refractivity contribution in [3.63, 3.8) is 0 Å². The maximum atomic E-state index is 4.40. The molecule has 0 saturated carbocycles. The molecule has 0 radical (unpaired) electrons. The fourth-order valence-corrected chi connectivity index (χ4v) is 3.06. The molecule has 3 rings (SSSR count). The summed E-state index contributed by atoms with van der Waals surface area (Å²) < 4.78 is 0. The standard InChI is InChI=1S/C17H22N4/c1-17(2)11-21(5)15-8-12(6-7-14(15)17)13-9-18-16(19-10-13)20(3)4/h6-10H,11H2,1-5H3. The van der Waals surface area contributed by atoms with Crippen LogP contribution in [0.5, 0.6) is 0 Å². The lowest BCUT2D eigenvalue weighted by molar-refractivity contribution is 0.563. The van der Waals surface area contributed by atoms with Gasteiger partial charge in [0.15, 0.2) is 0 Å². The van der Waals surface area contributed by atoms with Crippen molar-refractivity contribution in [1.29, 1.82) is 0 Å².